The van der Waals surface area contributed by atoms with Crippen molar-refractivity contribution in [2.24, 2.45) is 0 Å². The van der Waals surface area contributed by atoms with Gasteiger partial charge in [-0.25, -0.2) is 0 Å². The highest BCUT2D eigenvalue weighted by Crippen LogP contribution is 2.36. The van der Waals surface area contributed by atoms with Crippen LogP contribution >= 0.6 is 58.2 Å². The molecule has 0 nitrogen and oxygen atoms in total. The molecule has 1 aromatic carbocycles. The maximum absolute atomic E-state index is 6.02. The van der Waals surface area contributed by atoms with Gasteiger partial charge in [-0.05, 0) is 34.7 Å². The average molecular weight is 327 g/mol. The minimum absolute atomic E-state index is 0.815. The molecule has 0 atom stereocenters. The Kier molecular flexibility index (Phi) is 2.56. The second kappa shape index (κ2) is 3.36. The van der Waals surface area contributed by atoms with Crippen LogP contribution in [-0.2, 0) is 0 Å². The molecule has 0 aliphatic heterocycles. The highest BCUT2D eigenvalue weighted by Gasteiger charge is 2.07. The molecule has 12 heavy (non-hydrogen) atoms. The van der Waals surface area contributed by atoms with E-state index in [4.69, 9.17) is 11.6 Å². The van der Waals surface area contributed by atoms with Gasteiger partial charge in [-0.2, -0.15) is 0 Å². The molecule has 1 heterocycles. The molecule has 0 unspecified atom stereocenters. The molecule has 2 aromatic rings. The lowest BCUT2D eigenvalue weighted by Crippen LogP contribution is -1.71. The molecule has 0 saturated carbocycles. The molecule has 0 spiro atoms. The number of halogens is 2. The molecule has 62 valence electrons. The zero-order valence-corrected chi connectivity index (χ0v) is 10.5. The van der Waals surface area contributed by atoms with Gasteiger partial charge >= 0.3 is 0 Å². The summed E-state index contributed by atoms with van der Waals surface area (Å²) in [7, 11) is 0. The minimum Gasteiger partial charge on any atom is -0.143 e. The summed E-state index contributed by atoms with van der Waals surface area (Å²) in [5.41, 5.74) is 0. The van der Waals surface area contributed by atoms with E-state index in [0.717, 1.165) is 14.6 Å². The number of hydrogen-bond donors (Lipinski definition) is 1. The van der Waals surface area contributed by atoms with Crippen molar-refractivity contribution in [3.8, 4) is 0 Å². The molecule has 0 aliphatic rings. The summed E-state index contributed by atoms with van der Waals surface area (Å²) in [4.78, 5) is 1.00. The zero-order valence-electron chi connectivity index (χ0n) is 5.84. The van der Waals surface area contributed by atoms with Crippen LogP contribution in [0.25, 0.3) is 10.1 Å². The fraction of sp³-hybridized carbons (Fsp3) is 0. The molecule has 0 radical (unpaired) electrons. The first-order valence-electron chi connectivity index (χ1n) is 3.24. The molecule has 2 rings (SSSR count). The van der Waals surface area contributed by atoms with E-state index in [0.29, 0.717) is 0 Å². The van der Waals surface area contributed by atoms with Crippen molar-refractivity contribution in [1.82, 2.24) is 0 Å². The lowest BCUT2D eigenvalue weighted by atomic mass is 10.3. The maximum atomic E-state index is 6.02. The van der Waals surface area contributed by atoms with Crippen LogP contribution in [0.4, 0.5) is 0 Å². The van der Waals surface area contributed by atoms with Gasteiger partial charge in [0.15, 0.2) is 0 Å². The van der Waals surface area contributed by atoms with Gasteiger partial charge < -0.3 is 0 Å². The van der Waals surface area contributed by atoms with Crippen molar-refractivity contribution < 1.29 is 0 Å². The Morgan fingerprint density at radius 3 is 2.83 bits per heavy atom. The lowest BCUT2D eigenvalue weighted by molar-refractivity contribution is 1.58. The first kappa shape index (κ1) is 9.12. The molecule has 0 saturated heterocycles. The third-order valence-electron chi connectivity index (χ3n) is 1.61. The lowest BCUT2D eigenvalue weighted by Gasteiger charge is -1.97. The van der Waals surface area contributed by atoms with Gasteiger partial charge in [-0.1, -0.05) is 11.6 Å². The Labute approximate surface area is 98.5 Å². The summed E-state index contributed by atoms with van der Waals surface area (Å²) < 4.78 is 2.36. The summed E-state index contributed by atoms with van der Waals surface area (Å²) >= 11 is 14.4. The Bertz CT molecular complexity index is 436. The first-order valence-corrected chi connectivity index (χ1v) is 6.02. The molecule has 0 amide bonds. The second-order valence-corrected chi connectivity index (χ2v) is 5.29. The standard InChI is InChI=1S/C8H4ClIS2/c9-4-1-2-6(11)7-5(10)3-12-8(4)7/h1-3,11H. The number of thiol groups is 1. The second-order valence-electron chi connectivity index (χ2n) is 2.35. The summed E-state index contributed by atoms with van der Waals surface area (Å²) in [6.07, 6.45) is 0. The number of rotatable bonds is 0. The quantitative estimate of drug-likeness (QED) is 0.537. The van der Waals surface area contributed by atoms with Crippen molar-refractivity contribution in [3.63, 3.8) is 0 Å². The molecule has 0 aliphatic carbocycles. The van der Waals surface area contributed by atoms with Crippen LogP contribution in [0.5, 0.6) is 0 Å². The fourth-order valence-electron chi connectivity index (χ4n) is 1.06. The molecule has 0 fully saturated rings. The van der Waals surface area contributed by atoms with E-state index in [-0.39, 0.29) is 0 Å². The van der Waals surface area contributed by atoms with Crippen molar-refractivity contribution in [3.05, 3.63) is 26.1 Å². The van der Waals surface area contributed by atoms with E-state index < -0.39 is 0 Å². The minimum atomic E-state index is 0.815. The topological polar surface area (TPSA) is 0 Å². The fourth-order valence-corrected chi connectivity index (χ4v) is 3.93. The zero-order chi connectivity index (χ0) is 8.72. The first-order chi connectivity index (χ1) is 5.70. The predicted octanol–water partition coefficient (Wildman–Crippen LogP) is 4.45. The summed E-state index contributed by atoms with van der Waals surface area (Å²) in [6.45, 7) is 0. The molecule has 4 heteroatoms. The van der Waals surface area contributed by atoms with E-state index in [1.807, 2.05) is 12.1 Å². The van der Waals surface area contributed by atoms with E-state index in [1.165, 1.54) is 8.96 Å². The smallest absolute Gasteiger partial charge is 0.0585 e. The number of hydrogen-bond acceptors (Lipinski definition) is 2. The molecular formula is C8H4ClIS2. The van der Waals surface area contributed by atoms with Crippen LogP contribution in [0.15, 0.2) is 22.4 Å². The van der Waals surface area contributed by atoms with Gasteiger partial charge in [0.05, 0.1) is 9.72 Å². The van der Waals surface area contributed by atoms with Gasteiger partial charge in [0, 0.05) is 19.2 Å². The van der Waals surface area contributed by atoms with Crippen LogP contribution in [-0.4, -0.2) is 0 Å². The normalized spacial score (nSPS) is 10.9. The van der Waals surface area contributed by atoms with E-state index in [1.54, 1.807) is 11.3 Å². The van der Waals surface area contributed by atoms with Crippen LogP contribution in [0.1, 0.15) is 0 Å². The highest BCUT2D eigenvalue weighted by molar-refractivity contribution is 14.1. The Balaban J connectivity index is 2.98. The van der Waals surface area contributed by atoms with Gasteiger partial charge in [0.2, 0.25) is 0 Å². The summed E-state index contributed by atoms with van der Waals surface area (Å²) in [5, 5.41) is 4.09. The third kappa shape index (κ3) is 1.36. The number of thiophene rings is 1. The van der Waals surface area contributed by atoms with Crippen molar-refractivity contribution in [2.45, 2.75) is 4.90 Å². The van der Waals surface area contributed by atoms with Crippen molar-refractivity contribution in [1.29, 1.82) is 0 Å². The Morgan fingerprint density at radius 2 is 2.17 bits per heavy atom. The molecule has 0 bridgehead atoms. The van der Waals surface area contributed by atoms with E-state index >= 15 is 0 Å². The maximum Gasteiger partial charge on any atom is 0.0585 e. The van der Waals surface area contributed by atoms with Gasteiger partial charge in [-0.15, -0.1) is 24.0 Å². The van der Waals surface area contributed by atoms with Crippen LogP contribution < -0.4 is 0 Å². The summed E-state index contributed by atoms with van der Waals surface area (Å²) in [5.74, 6) is 0. The van der Waals surface area contributed by atoms with E-state index in [2.05, 4.69) is 40.6 Å². The third-order valence-corrected chi connectivity index (χ3v) is 4.69. The largest absolute Gasteiger partial charge is 0.143 e. The highest BCUT2D eigenvalue weighted by atomic mass is 127. The average Bonchev–Trinajstić information content (AvgIpc) is 2.42. The van der Waals surface area contributed by atoms with Gasteiger partial charge in [0.25, 0.3) is 0 Å². The Morgan fingerprint density at radius 1 is 1.42 bits per heavy atom. The monoisotopic (exact) mass is 326 g/mol. The SMILES string of the molecule is Sc1ccc(Cl)c2scc(I)c12. The molecule has 1 aromatic heterocycles. The van der Waals surface area contributed by atoms with Crippen LogP contribution in [0, 0.1) is 3.57 Å². The van der Waals surface area contributed by atoms with Crippen LogP contribution in [0.2, 0.25) is 5.02 Å². The molecular weight excluding hydrogens is 323 g/mol. The summed E-state index contributed by atoms with van der Waals surface area (Å²) in [6, 6.07) is 3.82. The number of benzene rings is 1. The van der Waals surface area contributed by atoms with Gasteiger partial charge in [-0.3, -0.25) is 0 Å². The Hall–Kier alpha value is 0.550. The van der Waals surface area contributed by atoms with Crippen molar-refractivity contribution >= 4 is 68.2 Å². The van der Waals surface area contributed by atoms with Crippen LogP contribution in [0.3, 0.4) is 0 Å². The van der Waals surface area contributed by atoms with Gasteiger partial charge in [0.1, 0.15) is 0 Å². The predicted molar refractivity (Wildman–Crippen MR) is 66.8 cm³/mol. The van der Waals surface area contributed by atoms with Crippen molar-refractivity contribution in [2.75, 3.05) is 0 Å². The molecule has 0 N–H and O–H groups in total. The van der Waals surface area contributed by atoms with E-state index in [9.17, 15) is 0 Å². The number of fused-ring (bicyclic) bond motifs is 1.